The van der Waals surface area contributed by atoms with Crippen LogP contribution in [0.2, 0.25) is 0 Å². The van der Waals surface area contributed by atoms with Gasteiger partial charge in [0, 0.05) is 31.9 Å². The van der Waals surface area contributed by atoms with E-state index in [1.165, 1.54) is 0 Å². The van der Waals surface area contributed by atoms with Crippen LogP contribution in [0.15, 0.2) is 24.4 Å². The minimum Gasteiger partial charge on any atom is -0.396 e. The quantitative estimate of drug-likeness (QED) is 0.703. The normalized spacial score (nSPS) is 13.1. The van der Waals surface area contributed by atoms with E-state index in [4.69, 9.17) is 10.8 Å². The summed E-state index contributed by atoms with van der Waals surface area (Å²) in [7, 11) is 2.01. The van der Waals surface area contributed by atoms with Gasteiger partial charge in [0.2, 0.25) is 0 Å². The molecule has 0 aromatic carbocycles. The monoisotopic (exact) mass is 209 g/mol. The van der Waals surface area contributed by atoms with Crippen LogP contribution < -0.4 is 5.73 Å². The Kier molecular flexibility index (Phi) is 5.25. The third kappa shape index (κ3) is 4.88. The summed E-state index contributed by atoms with van der Waals surface area (Å²) in [6.45, 7) is 1.72. The first-order valence-corrected chi connectivity index (χ1v) is 5.17. The van der Waals surface area contributed by atoms with E-state index in [2.05, 4.69) is 9.88 Å². The van der Waals surface area contributed by atoms with Crippen LogP contribution in [-0.4, -0.2) is 41.2 Å². The SMILES string of the molecule is CN(Cc1ccccn1)CC(N)CCO. The Morgan fingerprint density at radius 1 is 1.53 bits per heavy atom. The first-order chi connectivity index (χ1) is 7.22. The molecule has 0 radical (unpaired) electrons. The van der Waals surface area contributed by atoms with E-state index in [-0.39, 0.29) is 12.6 Å². The second-order valence-electron chi connectivity index (χ2n) is 3.79. The Balaban J connectivity index is 2.33. The van der Waals surface area contributed by atoms with E-state index in [0.29, 0.717) is 6.42 Å². The van der Waals surface area contributed by atoms with E-state index >= 15 is 0 Å². The third-order valence-corrected chi connectivity index (χ3v) is 2.20. The highest BCUT2D eigenvalue weighted by molar-refractivity contribution is 5.03. The molecule has 4 heteroatoms. The fourth-order valence-corrected chi connectivity index (χ4v) is 1.49. The maximum absolute atomic E-state index is 8.73. The summed E-state index contributed by atoms with van der Waals surface area (Å²) in [4.78, 5) is 6.35. The Bertz CT molecular complexity index is 266. The number of pyridine rings is 1. The number of nitrogens with two attached hydrogens (primary N) is 1. The van der Waals surface area contributed by atoms with Gasteiger partial charge >= 0.3 is 0 Å². The largest absolute Gasteiger partial charge is 0.396 e. The van der Waals surface area contributed by atoms with Crippen molar-refractivity contribution < 1.29 is 5.11 Å². The molecule has 0 aliphatic heterocycles. The standard InChI is InChI=1S/C11H19N3O/c1-14(8-10(12)5-7-15)9-11-4-2-3-6-13-11/h2-4,6,10,15H,5,7-9,12H2,1H3. The lowest BCUT2D eigenvalue weighted by Crippen LogP contribution is -2.35. The van der Waals surface area contributed by atoms with Crippen molar-refractivity contribution in [1.29, 1.82) is 0 Å². The summed E-state index contributed by atoms with van der Waals surface area (Å²) in [5.74, 6) is 0. The second kappa shape index (κ2) is 6.50. The first kappa shape index (κ1) is 12.1. The average molecular weight is 209 g/mol. The number of nitrogens with zero attached hydrogens (tertiary/aromatic N) is 2. The van der Waals surface area contributed by atoms with Gasteiger partial charge in [-0.2, -0.15) is 0 Å². The molecule has 0 bridgehead atoms. The number of aliphatic hydroxyl groups excluding tert-OH is 1. The van der Waals surface area contributed by atoms with Gasteiger partial charge in [-0.1, -0.05) is 6.07 Å². The van der Waals surface area contributed by atoms with Crippen LogP contribution in [0, 0.1) is 0 Å². The molecular formula is C11H19N3O. The molecule has 1 rings (SSSR count). The highest BCUT2D eigenvalue weighted by Gasteiger charge is 2.06. The van der Waals surface area contributed by atoms with Gasteiger partial charge in [-0.05, 0) is 25.6 Å². The lowest BCUT2D eigenvalue weighted by atomic mass is 10.2. The van der Waals surface area contributed by atoms with Crippen molar-refractivity contribution in [2.45, 2.75) is 19.0 Å². The van der Waals surface area contributed by atoms with E-state index in [1.54, 1.807) is 6.20 Å². The van der Waals surface area contributed by atoms with Gasteiger partial charge in [-0.3, -0.25) is 9.88 Å². The van der Waals surface area contributed by atoms with Gasteiger partial charge in [-0.25, -0.2) is 0 Å². The lowest BCUT2D eigenvalue weighted by molar-refractivity contribution is 0.243. The van der Waals surface area contributed by atoms with Crippen LogP contribution in [0.3, 0.4) is 0 Å². The molecule has 15 heavy (non-hydrogen) atoms. The Labute approximate surface area is 90.7 Å². The number of likely N-dealkylation sites (N-methyl/N-ethyl adjacent to an activating group) is 1. The van der Waals surface area contributed by atoms with Gasteiger partial charge in [0.25, 0.3) is 0 Å². The van der Waals surface area contributed by atoms with Gasteiger partial charge in [-0.15, -0.1) is 0 Å². The van der Waals surface area contributed by atoms with Crippen molar-refractivity contribution in [2.24, 2.45) is 5.73 Å². The summed E-state index contributed by atoms with van der Waals surface area (Å²) in [5.41, 5.74) is 6.85. The Morgan fingerprint density at radius 2 is 2.33 bits per heavy atom. The van der Waals surface area contributed by atoms with Crippen LogP contribution in [0.1, 0.15) is 12.1 Å². The molecule has 0 aliphatic rings. The highest BCUT2D eigenvalue weighted by atomic mass is 16.3. The molecule has 84 valence electrons. The molecule has 4 nitrogen and oxygen atoms in total. The highest BCUT2D eigenvalue weighted by Crippen LogP contribution is 2.00. The molecule has 0 aliphatic carbocycles. The zero-order chi connectivity index (χ0) is 11.1. The zero-order valence-corrected chi connectivity index (χ0v) is 9.13. The third-order valence-electron chi connectivity index (χ3n) is 2.20. The molecule has 1 atom stereocenters. The van der Waals surface area contributed by atoms with Crippen LogP contribution in [-0.2, 0) is 6.54 Å². The minimum absolute atomic E-state index is 0.0312. The summed E-state index contributed by atoms with van der Waals surface area (Å²) in [6, 6.07) is 5.91. The van der Waals surface area contributed by atoms with Crippen LogP contribution >= 0.6 is 0 Å². The van der Waals surface area contributed by atoms with E-state index in [0.717, 1.165) is 18.8 Å². The Hall–Kier alpha value is -0.970. The molecule has 1 heterocycles. The fraction of sp³-hybridized carbons (Fsp3) is 0.545. The Morgan fingerprint density at radius 3 is 2.93 bits per heavy atom. The summed E-state index contributed by atoms with van der Waals surface area (Å²) < 4.78 is 0. The predicted octanol–water partition coefficient (Wildman–Crippen LogP) is 0.223. The van der Waals surface area contributed by atoms with Crippen LogP contribution in [0.25, 0.3) is 0 Å². The van der Waals surface area contributed by atoms with Crippen molar-refractivity contribution in [1.82, 2.24) is 9.88 Å². The van der Waals surface area contributed by atoms with Crippen molar-refractivity contribution >= 4 is 0 Å². The maximum atomic E-state index is 8.73. The van der Waals surface area contributed by atoms with E-state index < -0.39 is 0 Å². The van der Waals surface area contributed by atoms with Crippen molar-refractivity contribution in [3.63, 3.8) is 0 Å². The molecule has 1 unspecified atom stereocenters. The maximum Gasteiger partial charge on any atom is 0.0543 e. The summed E-state index contributed by atoms with van der Waals surface area (Å²) in [5, 5.41) is 8.73. The van der Waals surface area contributed by atoms with Crippen LogP contribution in [0.5, 0.6) is 0 Å². The minimum atomic E-state index is 0.0312. The van der Waals surface area contributed by atoms with Gasteiger partial charge < -0.3 is 10.8 Å². The van der Waals surface area contributed by atoms with Crippen molar-refractivity contribution in [2.75, 3.05) is 20.2 Å². The molecule has 0 spiro atoms. The number of aliphatic hydroxyl groups is 1. The molecule has 0 fully saturated rings. The summed E-state index contributed by atoms with van der Waals surface area (Å²) >= 11 is 0. The smallest absolute Gasteiger partial charge is 0.0543 e. The second-order valence-corrected chi connectivity index (χ2v) is 3.79. The first-order valence-electron chi connectivity index (χ1n) is 5.17. The lowest BCUT2D eigenvalue weighted by Gasteiger charge is -2.20. The molecule has 1 aromatic rings. The molecule has 0 saturated heterocycles. The predicted molar refractivity (Wildman–Crippen MR) is 60.2 cm³/mol. The van der Waals surface area contributed by atoms with Gasteiger partial charge in [0.15, 0.2) is 0 Å². The summed E-state index contributed by atoms with van der Waals surface area (Å²) in [6.07, 6.45) is 2.43. The van der Waals surface area contributed by atoms with E-state index in [9.17, 15) is 0 Å². The number of rotatable bonds is 6. The van der Waals surface area contributed by atoms with Gasteiger partial charge in [0.1, 0.15) is 0 Å². The number of aromatic nitrogens is 1. The fourth-order valence-electron chi connectivity index (χ4n) is 1.49. The van der Waals surface area contributed by atoms with Crippen molar-refractivity contribution in [3.8, 4) is 0 Å². The molecule has 3 N–H and O–H groups in total. The molecule has 1 aromatic heterocycles. The topological polar surface area (TPSA) is 62.4 Å². The number of hydrogen-bond acceptors (Lipinski definition) is 4. The zero-order valence-electron chi connectivity index (χ0n) is 9.13. The van der Waals surface area contributed by atoms with Crippen molar-refractivity contribution in [3.05, 3.63) is 30.1 Å². The van der Waals surface area contributed by atoms with Crippen LogP contribution in [0.4, 0.5) is 0 Å². The average Bonchev–Trinajstić information content (AvgIpc) is 2.19. The molecule has 0 saturated carbocycles. The van der Waals surface area contributed by atoms with Gasteiger partial charge in [0.05, 0.1) is 5.69 Å². The number of hydrogen-bond donors (Lipinski definition) is 2. The molecule has 0 amide bonds. The molecular weight excluding hydrogens is 190 g/mol. The van der Waals surface area contributed by atoms with E-state index in [1.807, 2.05) is 25.2 Å².